The molecule has 0 N–H and O–H groups in total. The fraction of sp³-hybridized carbons (Fsp3) is 0.524. The van der Waals surface area contributed by atoms with Crippen LogP contribution in [0.25, 0.3) is 10.9 Å². The zero-order valence-electron chi connectivity index (χ0n) is 15.0. The van der Waals surface area contributed by atoms with E-state index in [0.717, 1.165) is 53.1 Å². The number of hydrogen-bond donors (Lipinski definition) is 0. The van der Waals surface area contributed by atoms with Crippen LogP contribution in [0.15, 0.2) is 18.2 Å². The van der Waals surface area contributed by atoms with Crippen molar-refractivity contribution in [3.63, 3.8) is 0 Å². The van der Waals surface area contributed by atoms with E-state index < -0.39 is 0 Å². The van der Waals surface area contributed by atoms with E-state index in [1.54, 1.807) is 0 Å². The van der Waals surface area contributed by atoms with Gasteiger partial charge in [-0.25, -0.2) is 0 Å². The van der Waals surface area contributed by atoms with Crippen molar-refractivity contribution < 1.29 is 4.79 Å². The summed E-state index contributed by atoms with van der Waals surface area (Å²) in [5.74, 6) is 1.25. The first kappa shape index (κ1) is 16.8. The Morgan fingerprint density at radius 2 is 1.88 bits per heavy atom. The summed E-state index contributed by atoms with van der Waals surface area (Å²) >= 11 is 6.64. The number of carbonyl (C=O) groups excluding carboxylic acids is 1. The lowest BCUT2D eigenvalue weighted by atomic mass is 9.91. The van der Waals surface area contributed by atoms with Gasteiger partial charge in [0.2, 0.25) is 0 Å². The Hall–Kier alpha value is -1.61. The number of benzene rings is 1. The highest BCUT2D eigenvalue weighted by Crippen LogP contribution is 2.33. The number of likely N-dealkylation sites (tertiary alicyclic amines) is 1. The molecule has 4 heteroatoms. The predicted molar refractivity (Wildman–Crippen MR) is 102 cm³/mol. The van der Waals surface area contributed by atoms with E-state index in [1.807, 2.05) is 23.1 Å². The number of amides is 1. The van der Waals surface area contributed by atoms with Gasteiger partial charge in [0, 0.05) is 29.7 Å². The van der Waals surface area contributed by atoms with Gasteiger partial charge in [0.15, 0.2) is 0 Å². The average molecular weight is 357 g/mol. The molecular weight excluding hydrogens is 332 g/mol. The average Bonchev–Trinajstić information content (AvgIpc) is 2.60. The summed E-state index contributed by atoms with van der Waals surface area (Å²) in [6.45, 7) is 6.15. The third kappa shape index (κ3) is 3.15. The summed E-state index contributed by atoms with van der Waals surface area (Å²) in [4.78, 5) is 19.8. The molecule has 2 aliphatic rings. The maximum absolute atomic E-state index is 13.0. The molecule has 0 unspecified atom stereocenters. The van der Waals surface area contributed by atoms with Crippen LogP contribution in [0.5, 0.6) is 0 Å². The van der Waals surface area contributed by atoms with Crippen molar-refractivity contribution in [3.8, 4) is 0 Å². The van der Waals surface area contributed by atoms with Crippen LogP contribution in [-0.2, 0) is 12.8 Å². The van der Waals surface area contributed by atoms with Gasteiger partial charge in [0.1, 0.15) is 0 Å². The van der Waals surface area contributed by atoms with Crippen molar-refractivity contribution in [2.75, 3.05) is 13.1 Å². The molecule has 132 valence electrons. The Balaban J connectivity index is 1.70. The zero-order chi connectivity index (χ0) is 17.6. The summed E-state index contributed by atoms with van der Waals surface area (Å²) in [5.41, 5.74) is 3.91. The second kappa shape index (κ2) is 6.60. The Labute approximate surface area is 154 Å². The van der Waals surface area contributed by atoms with E-state index in [0.29, 0.717) is 11.8 Å². The lowest BCUT2D eigenvalue weighted by molar-refractivity contribution is 0.0623. The van der Waals surface area contributed by atoms with Gasteiger partial charge in [-0.2, -0.15) is 0 Å². The van der Waals surface area contributed by atoms with Crippen LogP contribution in [0.2, 0.25) is 5.02 Å². The number of aromatic nitrogens is 1. The number of piperidine rings is 1. The number of hydrogen-bond acceptors (Lipinski definition) is 2. The number of halogens is 1. The molecule has 1 saturated heterocycles. The molecule has 0 spiro atoms. The molecule has 2 heterocycles. The summed E-state index contributed by atoms with van der Waals surface area (Å²) < 4.78 is 0. The van der Waals surface area contributed by atoms with E-state index in [2.05, 4.69) is 13.8 Å². The summed E-state index contributed by atoms with van der Waals surface area (Å²) in [6, 6.07) is 5.82. The third-order valence-corrected chi connectivity index (χ3v) is 6.03. The van der Waals surface area contributed by atoms with Crippen LogP contribution in [0, 0.1) is 11.8 Å². The van der Waals surface area contributed by atoms with Crippen LogP contribution >= 0.6 is 11.6 Å². The molecule has 25 heavy (non-hydrogen) atoms. The minimum absolute atomic E-state index is 0.121. The standard InChI is InChI=1S/C21H25ClN2O/c1-13-9-14(2)12-24(11-13)21(25)15-7-8-17-19(10-15)23-18-6-4-3-5-16(18)20(17)22/h7-8,10,13-14H,3-6,9,11-12H2,1-2H3/t13-,14+. The molecule has 1 aliphatic heterocycles. The minimum atomic E-state index is 0.121. The molecule has 2 aromatic rings. The highest BCUT2D eigenvalue weighted by atomic mass is 35.5. The van der Waals surface area contributed by atoms with Gasteiger partial charge in [0.05, 0.1) is 10.5 Å². The van der Waals surface area contributed by atoms with E-state index in [4.69, 9.17) is 16.6 Å². The smallest absolute Gasteiger partial charge is 0.253 e. The molecule has 1 fully saturated rings. The Bertz CT molecular complexity index is 822. The molecule has 2 atom stereocenters. The molecule has 1 aromatic heterocycles. The van der Waals surface area contributed by atoms with Crippen LogP contribution in [-0.4, -0.2) is 28.9 Å². The summed E-state index contributed by atoms with van der Waals surface area (Å²) in [6.07, 6.45) is 5.56. The van der Waals surface area contributed by atoms with Gasteiger partial charge in [-0.05, 0) is 61.6 Å². The summed E-state index contributed by atoms with van der Waals surface area (Å²) in [7, 11) is 0. The number of nitrogens with zero attached hydrogens (tertiary/aromatic N) is 2. The Morgan fingerprint density at radius 1 is 1.16 bits per heavy atom. The number of aryl methyl sites for hydroxylation is 1. The molecule has 0 bridgehead atoms. The van der Waals surface area contributed by atoms with Gasteiger partial charge in [-0.15, -0.1) is 0 Å². The lowest BCUT2D eigenvalue weighted by Crippen LogP contribution is -2.42. The van der Waals surface area contributed by atoms with Crippen molar-refractivity contribution in [2.45, 2.75) is 46.0 Å². The largest absolute Gasteiger partial charge is 0.338 e. The van der Waals surface area contributed by atoms with Crippen molar-refractivity contribution in [1.29, 1.82) is 0 Å². The normalized spacial score (nSPS) is 23.6. The van der Waals surface area contributed by atoms with E-state index >= 15 is 0 Å². The highest BCUT2D eigenvalue weighted by Gasteiger charge is 2.26. The van der Waals surface area contributed by atoms with Gasteiger partial charge < -0.3 is 4.90 Å². The molecule has 0 radical (unpaired) electrons. The van der Waals surface area contributed by atoms with Gasteiger partial charge in [0.25, 0.3) is 5.91 Å². The van der Waals surface area contributed by atoms with Crippen molar-refractivity contribution in [2.24, 2.45) is 11.8 Å². The first-order valence-corrected chi connectivity index (χ1v) is 9.81. The number of carbonyl (C=O) groups is 1. The molecule has 3 nitrogen and oxygen atoms in total. The Kier molecular flexibility index (Phi) is 4.45. The maximum atomic E-state index is 13.0. The first-order valence-electron chi connectivity index (χ1n) is 9.43. The quantitative estimate of drug-likeness (QED) is 0.729. The summed E-state index contributed by atoms with van der Waals surface area (Å²) in [5, 5.41) is 1.80. The SMILES string of the molecule is C[C@@H]1C[C@H](C)CN(C(=O)c2ccc3c(Cl)c4c(nc3c2)CCCC4)C1. The molecule has 0 saturated carbocycles. The van der Waals surface area contributed by atoms with Crippen molar-refractivity contribution in [3.05, 3.63) is 40.0 Å². The number of rotatable bonds is 1. The fourth-order valence-electron chi connectivity index (χ4n) is 4.51. The first-order chi connectivity index (χ1) is 12.0. The van der Waals surface area contributed by atoms with Crippen LogP contribution < -0.4 is 0 Å². The molecular formula is C21H25ClN2O. The van der Waals surface area contributed by atoms with Crippen LogP contribution in [0.1, 0.15) is 54.7 Å². The maximum Gasteiger partial charge on any atom is 0.253 e. The third-order valence-electron chi connectivity index (χ3n) is 5.60. The van der Waals surface area contributed by atoms with Crippen LogP contribution in [0.4, 0.5) is 0 Å². The van der Waals surface area contributed by atoms with Crippen LogP contribution in [0.3, 0.4) is 0 Å². The molecule has 1 aromatic carbocycles. The highest BCUT2D eigenvalue weighted by molar-refractivity contribution is 6.36. The lowest BCUT2D eigenvalue weighted by Gasteiger charge is -2.35. The zero-order valence-corrected chi connectivity index (χ0v) is 15.8. The monoisotopic (exact) mass is 356 g/mol. The van der Waals surface area contributed by atoms with Gasteiger partial charge in [-0.1, -0.05) is 31.5 Å². The van der Waals surface area contributed by atoms with Gasteiger partial charge >= 0.3 is 0 Å². The second-order valence-corrected chi connectivity index (χ2v) is 8.32. The van der Waals surface area contributed by atoms with E-state index in [-0.39, 0.29) is 5.91 Å². The Morgan fingerprint density at radius 3 is 2.64 bits per heavy atom. The fourth-order valence-corrected chi connectivity index (χ4v) is 4.87. The molecule has 1 aliphatic carbocycles. The topological polar surface area (TPSA) is 33.2 Å². The molecule has 1 amide bonds. The number of pyridine rings is 1. The predicted octanol–water partition coefficient (Wildman–Crippen LogP) is 4.89. The van der Waals surface area contributed by atoms with Crippen molar-refractivity contribution in [1.82, 2.24) is 9.88 Å². The van der Waals surface area contributed by atoms with E-state index in [1.165, 1.54) is 24.8 Å². The van der Waals surface area contributed by atoms with E-state index in [9.17, 15) is 4.79 Å². The second-order valence-electron chi connectivity index (χ2n) is 7.95. The van der Waals surface area contributed by atoms with Crippen molar-refractivity contribution >= 4 is 28.4 Å². The van der Waals surface area contributed by atoms with Gasteiger partial charge in [-0.3, -0.25) is 9.78 Å². The number of fused-ring (bicyclic) bond motifs is 2. The minimum Gasteiger partial charge on any atom is -0.338 e. The molecule has 4 rings (SSSR count).